The van der Waals surface area contributed by atoms with Crippen LogP contribution in [0.25, 0.3) is 0 Å². The van der Waals surface area contributed by atoms with Gasteiger partial charge in [0.2, 0.25) is 0 Å². The first kappa shape index (κ1) is 14.8. The summed E-state index contributed by atoms with van der Waals surface area (Å²) in [6.45, 7) is 8.74. The smallest absolute Gasteiger partial charge is 0.122 e. The van der Waals surface area contributed by atoms with Gasteiger partial charge in [0.05, 0.1) is 19.3 Å². The summed E-state index contributed by atoms with van der Waals surface area (Å²) in [5.74, 6) is 0.546. The van der Waals surface area contributed by atoms with E-state index in [1.165, 1.54) is 12.8 Å². The fourth-order valence-corrected chi connectivity index (χ4v) is 3.01. The van der Waals surface area contributed by atoms with Crippen LogP contribution in [-0.4, -0.2) is 49.3 Å². The van der Waals surface area contributed by atoms with Crippen molar-refractivity contribution in [2.75, 3.05) is 32.8 Å². The second kappa shape index (κ2) is 6.69. The quantitative estimate of drug-likeness (QED) is 0.762. The van der Waals surface area contributed by atoms with Crippen LogP contribution in [0, 0.1) is 17.2 Å². The number of ether oxygens (including phenoxy) is 1. The summed E-state index contributed by atoms with van der Waals surface area (Å²) in [5.41, 5.74) is -0.333. The zero-order chi connectivity index (χ0) is 13.7. The van der Waals surface area contributed by atoms with Gasteiger partial charge in [-0.3, -0.25) is 10.2 Å². The summed E-state index contributed by atoms with van der Waals surface area (Å²) in [6, 6.07) is 3.09. The molecule has 108 valence electrons. The maximum atomic E-state index is 9.73. The highest BCUT2D eigenvalue weighted by Gasteiger charge is 2.47. The van der Waals surface area contributed by atoms with Crippen LogP contribution in [0.1, 0.15) is 39.5 Å². The van der Waals surface area contributed by atoms with E-state index >= 15 is 0 Å². The number of nitriles is 1. The third kappa shape index (κ3) is 3.47. The molecule has 4 heteroatoms. The first-order valence-corrected chi connectivity index (χ1v) is 7.73. The Kier molecular flexibility index (Phi) is 5.20. The van der Waals surface area contributed by atoms with Crippen LogP contribution < -0.4 is 5.32 Å². The minimum Gasteiger partial charge on any atom is -0.378 e. The van der Waals surface area contributed by atoms with Crippen LogP contribution in [0.5, 0.6) is 0 Å². The van der Waals surface area contributed by atoms with Gasteiger partial charge >= 0.3 is 0 Å². The summed E-state index contributed by atoms with van der Waals surface area (Å²) in [4.78, 5) is 2.47. The molecule has 2 atom stereocenters. The van der Waals surface area contributed by atoms with E-state index in [9.17, 15) is 5.26 Å². The summed E-state index contributed by atoms with van der Waals surface area (Å²) in [6.07, 6.45) is 4.58. The van der Waals surface area contributed by atoms with Crippen LogP contribution in [0.15, 0.2) is 0 Å². The lowest BCUT2D eigenvalue weighted by Gasteiger charge is -2.40. The predicted octanol–water partition coefficient (Wildman–Crippen LogP) is 1.77. The van der Waals surface area contributed by atoms with E-state index in [0.29, 0.717) is 12.0 Å². The van der Waals surface area contributed by atoms with Crippen molar-refractivity contribution in [3.63, 3.8) is 0 Å². The average molecular weight is 265 g/mol. The van der Waals surface area contributed by atoms with Crippen LogP contribution in [0.4, 0.5) is 0 Å². The molecule has 0 spiro atoms. The van der Waals surface area contributed by atoms with Gasteiger partial charge in [-0.2, -0.15) is 5.26 Å². The molecule has 0 aromatic carbocycles. The van der Waals surface area contributed by atoms with Gasteiger partial charge in [0, 0.05) is 19.1 Å². The van der Waals surface area contributed by atoms with E-state index in [1.54, 1.807) is 0 Å². The van der Waals surface area contributed by atoms with Crippen molar-refractivity contribution >= 4 is 0 Å². The molecular weight excluding hydrogens is 238 g/mol. The Labute approximate surface area is 117 Å². The molecule has 0 amide bonds. The number of hydrogen-bond acceptors (Lipinski definition) is 4. The van der Waals surface area contributed by atoms with E-state index in [2.05, 4.69) is 30.1 Å². The molecule has 2 aliphatic rings. The number of hydrogen-bond donors (Lipinski definition) is 1. The molecule has 2 unspecified atom stereocenters. The molecule has 0 radical (unpaired) electrons. The molecular formula is C15H27N3O. The normalized spacial score (nSPS) is 27.7. The highest BCUT2D eigenvalue weighted by Crippen LogP contribution is 2.40. The second-order valence-corrected chi connectivity index (χ2v) is 5.89. The van der Waals surface area contributed by atoms with Gasteiger partial charge in [-0.1, -0.05) is 13.8 Å². The third-order valence-corrected chi connectivity index (χ3v) is 4.44. The predicted molar refractivity (Wildman–Crippen MR) is 75.8 cm³/mol. The Morgan fingerprint density at radius 2 is 2.21 bits per heavy atom. The highest BCUT2D eigenvalue weighted by molar-refractivity contribution is 5.17. The first-order valence-electron chi connectivity index (χ1n) is 7.73. The third-order valence-electron chi connectivity index (χ3n) is 4.44. The fraction of sp³-hybridized carbons (Fsp3) is 0.933. The zero-order valence-corrected chi connectivity index (χ0v) is 12.3. The molecule has 0 aromatic heterocycles. The van der Waals surface area contributed by atoms with Crippen LogP contribution in [-0.2, 0) is 4.74 Å². The maximum Gasteiger partial charge on any atom is 0.122 e. The van der Waals surface area contributed by atoms with E-state index < -0.39 is 0 Å². The summed E-state index contributed by atoms with van der Waals surface area (Å²) in [7, 11) is 0. The maximum absolute atomic E-state index is 9.73. The Balaban J connectivity index is 2.03. The van der Waals surface area contributed by atoms with Crippen molar-refractivity contribution in [1.82, 2.24) is 10.2 Å². The highest BCUT2D eigenvalue weighted by atomic mass is 16.5. The van der Waals surface area contributed by atoms with Crippen LogP contribution >= 0.6 is 0 Å². The Bertz CT molecular complexity index is 324. The van der Waals surface area contributed by atoms with Gasteiger partial charge in [-0.05, 0) is 38.1 Å². The van der Waals surface area contributed by atoms with Crippen molar-refractivity contribution in [3.05, 3.63) is 0 Å². The molecule has 1 heterocycles. The topological polar surface area (TPSA) is 48.3 Å². The zero-order valence-electron chi connectivity index (χ0n) is 12.3. The monoisotopic (exact) mass is 265 g/mol. The molecule has 4 nitrogen and oxygen atoms in total. The molecule has 2 fully saturated rings. The minimum atomic E-state index is -0.333. The molecule has 1 aliphatic heterocycles. The summed E-state index contributed by atoms with van der Waals surface area (Å²) < 4.78 is 5.56. The lowest BCUT2D eigenvalue weighted by Crippen LogP contribution is -2.58. The van der Waals surface area contributed by atoms with Gasteiger partial charge in [0.25, 0.3) is 0 Å². The van der Waals surface area contributed by atoms with Crippen molar-refractivity contribution < 1.29 is 4.74 Å². The summed E-state index contributed by atoms with van der Waals surface area (Å²) >= 11 is 0. The lowest BCUT2D eigenvalue weighted by molar-refractivity contribution is -0.0186. The van der Waals surface area contributed by atoms with Gasteiger partial charge in [0.1, 0.15) is 5.54 Å². The van der Waals surface area contributed by atoms with Crippen molar-refractivity contribution in [2.24, 2.45) is 5.92 Å². The molecule has 0 aromatic rings. The SMILES string of the molecule is CCCNC(C#N)(CN1CCOCC1CC)C1CC1. The Morgan fingerprint density at radius 1 is 1.42 bits per heavy atom. The molecule has 1 aliphatic carbocycles. The molecule has 1 saturated heterocycles. The fourth-order valence-electron chi connectivity index (χ4n) is 3.01. The van der Waals surface area contributed by atoms with Crippen LogP contribution in [0.2, 0.25) is 0 Å². The number of rotatable bonds is 7. The molecule has 19 heavy (non-hydrogen) atoms. The number of morpholine rings is 1. The molecule has 1 N–H and O–H groups in total. The van der Waals surface area contributed by atoms with Gasteiger partial charge in [0.15, 0.2) is 0 Å². The molecule has 1 saturated carbocycles. The average Bonchev–Trinajstić information content (AvgIpc) is 3.29. The van der Waals surface area contributed by atoms with Gasteiger partial charge < -0.3 is 4.74 Å². The Hall–Kier alpha value is -0.630. The molecule has 0 bridgehead atoms. The van der Waals surface area contributed by atoms with E-state index in [4.69, 9.17) is 4.74 Å². The van der Waals surface area contributed by atoms with Crippen molar-refractivity contribution in [2.45, 2.75) is 51.1 Å². The molecule has 2 rings (SSSR count). The number of nitrogens with zero attached hydrogens (tertiary/aromatic N) is 2. The standard InChI is InChI=1S/C15H27N3O/c1-3-7-17-15(11-16,13-5-6-13)12-18-8-9-19-10-14(18)4-2/h13-14,17H,3-10,12H2,1-2H3. The van der Waals surface area contributed by atoms with E-state index in [0.717, 1.165) is 45.7 Å². The second-order valence-electron chi connectivity index (χ2n) is 5.89. The largest absolute Gasteiger partial charge is 0.378 e. The van der Waals surface area contributed by atoms with E-state index in [-0.39, 0.29) is 5.54 Å². The minimum absolute atomic E-state index is 0.333. The first-order chi connectivity index (χ1) is 9.25. The van der Waals surface area contributed by atoms with Crippen molar-refractivity contribution in [1.29, 1.82) is 5.26 Å². The lowest BCUT2D eigenvalue weighted by atomic mass is 9.92. The van der Waals surface area contributed by atoms with Gasteiger partial charge in [-0.25, -0.2) is 0 Å². The van der Waals surface area contributed by atoms with E-state index in [1.807, 2.05) is 0 Å². The van der Waals surface area contributed by atoms with Gasteiger partial charge in [-0.15, -0.1) is 0 Å². The Morgan fingerprint density at radius 3 is 2.79 bits per heavy atom. The van der Waals surface area contributed by atoms with Crippen molar-refractivity contribution in [3.8, 4) is 6.07 Å². The summed E-state index contributed by atoms with van der Waals surface area (Å²) in [5, 5.41) is 13.3. The number of nitrogens with one attached hydrogen (secondary N) is 1. The van der Waals surface area contributed by atoms with Crippen LogP contribution in [0.3, 0.4) is 0 Å².